The van der Waals surface area contributed by atoms with Crippen LogP contribution in [0.15, 0.2) is 0 Å². The Labute approximate surface area is 123 Å². The quantitative estimate of drug-likeness (QED) is 0.818. The van der Waals surface area contributed by atoms with E-state index in [1.807, 2.05) is 6.92 Å². The number of nitrogens with zero attached hydrogens (tertiary/aromatic N) is 1. The number of carbonyl (C=O) groups is 1. The fourth-order valence-electron chi connectivity index (χ4n) is 2.32. The minimum Gasteiger partial charge on any atom is -0.462 e. The van der Waals surface area contributed by atoms with E-state index in [9.17, 15) is 4.79 Å². The maximum atomic E-state index is 11.9. The third kappa shape index (κ3) is 3.93. The van der Waals surface area contributed by atoms with Crippen molar-refractivity contribution >= 4 is 22.5 Å². The van der Waals surface area contributed by atoms with Gasteiger partial charge in [-0.15, -0.1) is 0 Å². The first-order chi connectivity index (χ1) is 9.72. The topological polar surface area (TPSA) is 60.5 Å². The van der Waals surface area contributed by atoms with Crippen molar-refractivity contribution in [2.75, 3.05) is 25.1 Å². The maximum absolute atomic E-state index is 11.9. The van der Waals surface area contributed by atoms with Crippen LogP contribution in [0.4, 0.5) is 5.00 Å². The molecule has 6 heteroatoms. The van der Waals surface area contributed by atoms with Crippen LogP contribution >= 0.6 is 11.5 Å². The molecule has 1 fully saturated rings. The summed E-state index contributed by atoms with van der Waals surface area (Å²) >= 11 is 1.31. The Hall–Kier alpha value is -1.14. The molecule has 0 aliphatic carbocycles. The highest BCUT2D eigenvalue weighted by Gasteiger charge is 2.20. The summed E-state index contributed by atoms with van der Waals surface area (Å²) < 4.78 is 15.0. The lowest BCUT2D eigenvalue weighted by Gasteiger charge is -2.22. The summed E-state index contributed by atoms with van der Waals surface area (Å²) in [5.74, 6) is -0.296. The lowest BCUT2D eigenvalue weighted by molar-refractivity contribution is 0.0134. The molecule has 0 spiro atoms. The number of aryl methyl sites for hydroxylation is 1. The Kier molecular flexibility index (Phi) is 5.79. The molecule has 1 atom stereocenters. The summed E-state index contributed by atoms with van der Waals surface area (Å²) in [6, 6.07) is 0. The van der Waals surface area contributed by atoms with E-state index in [-0.39, 0.29) is 5.97 Å². The van der Waals surface area contributed by atoms with E-state index in [0.717, 1.165) is 36.7 Å². The number of aromatic nitrogens is 1. The molecule has 0 saturated carbocycles. The van der Waals surface area contributed by atoms with Crippen LogP contribution < -0.4 is 5.32 Å². The molecule has 5 nitrogen and oxygen atoms in total. The first-order valence-electron chi connectivity index (χ1n) is 7.21. The van der Waals surface area contributed by atoms with Gasteiger partial charge in [0.05, 0.1) is 18.4 Å². The second-order valence-electron chi connectivity index (χ2n) is 4.90. The highest BCUT2D eigenvalue weighted by molar-refractivity contribution is 7.10. The van der Waals surface area contributed by atoms with Gasteiger partial charge < -0.3 is 14.8 Å². The molecule has 0 radical (unpaired) electrons. The third-order valence-corrected chi connectivity index (χ3v) is 4.26. The first-order valence-corrected chi connectivity index (χ1v) is 7.98. The number of anilines is 1. The SMILES string of the molecule is CCOC(=O)c1c(C)nsc1NCCC1CCCCO1. The van der Waals surface area contributed by atoms with Crippen molar-refractivity contribution in [3.8, 4) is 0 Å². The van der Waals surface area contributed by atoms with E-state index in [2.05, 4.69) is 9.69 Å². The second-order valence-corrected chi connectivity index (χ2v) is 5.67. The van der Waals surface area contributed by atoms with E-state index >= 15 is 0 Å². The minimum atomic E-state index is -0.296. The molecular formula is C14H22N2O3S. The standard InChI is InChI=1S/C14H22N2O3S/c1-3-18-14(17)12-10(2)16-20-13(12)15-8-7-11-6-4-5-9-19-11/h11,15H,3-9H2,1-2H3. The van der Waals surface area contributed by atoms with Crippen molar-refractivity contribution in [3.63, 3.8) is 0 Å². The van der Waals surface area contributed by atoms with Crippen LogP contribution in [0.1, 0.15) is 48.7 Å². The van der Waals surface area contributed by atoms with Crippen molar-refractivity contribution in [1.29, 1.82) is 0 Å². The normalized spacial score (nSPS) is 18.8. The zero-order chi connectivity index (χ0) is 14.4. The van der Waals surface area contributed by atoms with E-state index in [1.54, 1.807) is 6.92 Å². The van der Waals surface area contributed by atoms with Gasteiger partial charge in [-0.2, -0.15) is 4.37 Å². The van der Waals surface area contributed by atoms with Crippen molar-refractivity contribution in [2.24, 2.45) is 0 Å². The number of ether oxygens (including phenoxy) is 2. The lowest BCUT2D eigenvalue weighted by atomic mass is 10.1. The van der Waals surface area contributed by atoms with Gasteiger partial charge in [0.25, 0.3) is 0 Å². The predicted octanol–water partition coefficient (Wildman–Crippen LogP) is 3.00. The molecule has 0 amide bonds. The molecule has 1 saturated heterocycles. The summed E-state index contributed by atoms with van der Waals surface area (Å²) in [4.78, 5) is 11.9. The fraction of sp³-hybridized carbons (Fsp3) is 0.714. The molecule has 1 aromatic heterocycles. The number of hydrogen-bond donors (Lipinski definition) is 1. The third-order valence-electron chi connectivity index (χ3n) is 3.37. The monoisotopic (exact) mass is 298 g/mol. The van der Waals surface area contributed by atoms with Crippen LogP contribution in [-0.4, -0.2) is 36.2 Å². The zero-order valence-corrected chi connectivity index (χ0v) is 12.9. The number of rotatable bonds is 6. The number of hydrogen-bond acceptors (Lipinski definition) is 6. The number of carbonyl (C=O) groups excluding carboxylic acids is 1. The average Bonchev–Trinajstić information content (AvgIpc) is 2.81. The molecule has 1 unspecified atom stereocenters. The Morgan fingerprint density at radius 3 is 3.10 bits per heavy atom. The van der Waals surface area contributed by atoms with Crippen LogP contribution in [0.5, 0.6) is 0 Å². The summed E-state index contributed by atoms with van der Waals surface area (Å²) in [5, 5.41) is 4.10. The van der Waals surface area contributed by atoms with Gasteiger partial charge in [-0.25, -0.2) is 4.79 Å². The molecule has 1 N–H and O–H groups in total. The summed E-state index contributed by atoms with van der Waals surface area (Å²) in [7, 11) is 0. The van der Waals surface area contributed by atoms with Crippen molar-refractivity contribution in [2.45, 2.75) is 45.6 Å². The van der Waals surface area contributed by atoms with E-state index in [0.29, 0.717) is 18.3 Å². The number of esters is 1. The second kappa shape index (κ2) is 7.59. The zero-order valence-electron chi connectivity index (χ0n) is 12.1. The highest BCUT2D eigenvalue weighted by atomic mass is 32.1. The van der Waals surface area contributed by atoms with Gasteiger partial charge in [-0.3, -0.25) is 0 Å². The van der Waals surface area contributed by atoms with Crippen molar-refractivity contribution < 1.29 is 14.3 Å². The van der Waals surface area contributed by atoms with Gasteiger partial charge in [0, 0.05) is 13.2 Å². The molecular weight excluding hydrogens is 276 g/mol. The van der Waals surface area contributed by atoms with Gasteiger partial charge in [-0.05, 0) is 51.1 Å². The Bertz CT molecular complexity index is 442. The van der Waals surface area contributed by atoms with E-state index < -0.39 is 0 Å². The Balaban J connectivity index is 1.87. The molecule has 0 aromatic carbocycles. The van der Waals surface area contributed by atoms with Gasteiger partial charge in [0.15, 0.2) is 0 Å². The smallest absolute Gasteiger partial charge is 0.343 e. The van der Waals surface area contributed by atoms with Crippen LogP contribution in [0.25, 0.3) is 0 Å². The van der Waals surface area contributed by atoms with Crippen LogP contribution in [0.3, 0.4) is 0 Å². The molecule has 1 aliphatic rings. The molecule has 112 valence electrons. The van der Waals surface area contributed by atoms with Crippen LogP contribution in [0.2, 0.25) is 0 Å². The fourth-order valence-corrected chi connectivity index (χ4v) is 3.12. The minimum absolute atomic E-state index is 0.296. The van der Waals surface area contributed by atoms with Crippen molar-refractivity contribution in [3.05, 3.63) is 11.3 Å². The van der Waals surface area contributed by atoms with Gasteiger partial charge >= 0.3 is 5.97 Å². The number of nitrogens with one attached hydrogen (secondary N) is 1. The summed E-state index contributed by atoms with van der Waals surface area (Å²) in [6.45, 7) is 5.68. The molecule has 1 aliphatic heterocycles. The van der Waals surface area contributed by atoms with Crippen LogP contribution in [0, 0.1) is 6.92 Å². The molecule has 0 bridgehead atoms. The lowest BCUT2D eigenvalue weighted by Crippen LogP contribution is -2.22. The maximum Gasteiger partial charge on any atom is 0.343 e. The first kappa shape index (κ1) is 15.3. The summed E-state index contributed by atoms with van der Waals surface area (Å²) in [6.07, 6.45) is 4.85. The average molecular weight is 298 g/mol. The highest BCUT2D eigenvalue weighted by Crippen LogP contribution is 2.25. The van der Waals surface area contributed by atoms with Crippen LogP contribution in [-0.2, 0) is 9.47 Å². The molecule has 20 heavy (non-hydrogen) atoms. The van der Waals surface area contributed by atoms with Gasteiger partial charge in [-0.1, -0.05) is 0 Å². The van der Waals surface area contributed by atoms with E-state index in [4.69, 9.17) is 9.47 Å². The summed E-state index contributed by atoms with van der Waals surface area (Å²) in [5.41, 5.74) is 1.30. The molecule has 2 rings (SSSR count). The van der Waals surface area contributed by atoms with Gasteiger partial charge in [0.2, 0.25) is 0 Å². The van der Waals surface area contributed by atoms with Gasteiger partial charge in [0.1, 0.15) is 10.6 Å². The van der Waals surface area contributed by atoms with Crippen molar-refractivity contribution in [1.82, 2.24) is 4.37 Å². The largest absolute Gasteiger partial charge is 0.462 e. The molecule has 2 heterocycles. The Morgan fingerprint density at radius 1 is 1.55 bits per heavy atom. The Morgan fingerprint density at radius 2 is 2.40 bits per heavy atom. The molecule has 1 aromatic rings. The predicted molar refractivity (Wildman–Crippen MR) is 79.5 cm³/mol. The van der Waals surface area contributed by atoms with E-state index in [1.165, 1.54) is 24.4 Å².